The Hall–Kier alpha value is -0.910. The number of aryl methyl sites for hydroxylation is 1. The molecular formula is C12H18N2O2S. The highest BCUT2D eigenvalue weighted by atomic mass is 32.1. The van der Waals surface area contributed by atoms with E-state index in [4.69, 9.17) is 4.74 Å². The Labute approximate surface area is 105 Å². The normalized spacial score (nSPS) is 20.2. The zero-order valence-corrected chi connectivity index (χ0v) is 10.8. The van der Waals surface area contributed by atoms with Gasteiger partial charge in [0.05, 0.1) is 19.8 Å². The molecule has 4 nitrogen and oxygen atoms in total. The number of ether oxygens (including phenoxy) is 1. The lowest BCUT2D eigenvalue weighted by molar-refractivity contribution is -0.126. The lowest BCUT2D eigenvalue weighted by atomic mass is 10.2. The SMILES string of the molecule is CCc1ccc(CNC(=O)C2COCCN2)s1. The first-order chi connectivity index (χ1) is 8.29. The number of thiophene rings is 1. The third-order valence-electron chi connectivity index (χ3n) is 2.74. The average molecular weight is 254 g/mol. The quantitative estimate of drug-likeness (QED) is 0.840. The van der Waals surface area contributed by atoms with Crippen molar-refractivity contribution in [3.05, 3.63) is 21.9 Å². The highest BCUT2D eigenvalue weighted by Gasteiger charge is 2.20. The zero-order valence-electron chi connectivity index (χ0n) is 9.99. The van der Waals surface area contributed by atoms with Crippen molar-refractivity contribution >= 4 is 17.2 Å². The molecule has 1 aliphatic heterocycles. The summed E-state index contributed by atoms with van der Waals surface area (Å²) in [4.78, 5) is 14.4. The molecule has 17 heavy (non-hydrogen) atoms. The molecule has 1 amide bonds. The molecule has 5 heteroatoms. The average Bonchev–Trinajstić information content (AvgIpc) is 2.85. The fraction of sp³-hybridized carbons (Fsp3) is 0.583. The van der Waals surface area contributed by atoms with Crippen LogP contribution in [0.1, 0.15) is 16.7 Å². The van der Waals surface area contributed by atoms with Crippen LogP contribution in [0.15, 0.2) is 12.1 Å². The molecule has 0 spiro atoms. The molecule has 1 aromatic rings. The number of carbonyl (C=O) groups excluding carboxylic acids is 1. The van der Waals surface area contributed by atoms with E-state index in [0.717, 1.165) is 13.0 Å². The van der Waals surface area contributed by atoms with Crippen molar-refractivity contribution in [2.75, 3.05) is 19.8 Å². The second-order valence-corrected chi connectivity index (χ2v) is 5.27. The summed E-state index contributed by atoms with van der Waals surface area (Å²) in [7, 11) is 0. The van der Waals surface area contributed by atoms with Gasteiger partial charge in [0.2, 0.25) is 5.91 Å². The van der Waals surface area contributed by atoms with Gasteiger partial charge >= 0.3 is 0 Å². The third-order valence-corrected chi connectivity index (χ3v) is 3.97. The van der Waals surface area contributed by atoms with Gasteiger partial charge in [0.15, 0.2) is 0 Å². The monoisotopic (exact) mass is 254 g/mol. The van der Waals surface area contributed by atoms with Crippen LogP contribution in [-0.4, -0.2) is 31.7 Å². The molecule has 0 bridgehead atoms. The van der Waals surface area contributed by atoms with E-state index in [1.807, 2.05) is 0 Å². The van der Waals surface area contributed by atoms with Crippen molar-refractivity contribution in [1.29, 1.82) is 0 Å². The van der Waals surface area contributed by atoms with Gasteiger partial charge in [-0.05, 0) is 18.6 Å². The van der Waals surface area contributed by atoms with Crippen LogP contribution in [0.3, 0.4) is 0 Å². The zero-order chi connectivity index (χ0) is 12.1. The summed E-state index contributed by atoms with van der Waals surface area (Å²) >= 11 is 1.76. The van der Waals surface area contributed by atoms with Crippen LogP contribution in [0.2, 0.25) is 0 Å². The number of amides is 1. The van der Waals surface area contributed by atoms with Gasteiger partial charge in [-0.1, -0.05) is 6.92 Å². The van der Waals surface area contributed by atoms with Gasteiger partial charge in [0, 0.05) is 16.3 Å². The molecule has 1 atom stereocenters. The van der Waals surface area contributed by atoms with E-state index in [-0.39, 0.29) is 11.9 Å². The minimum Gasteiger partial charge on any atom is -0.378 e. The summed E-state index contributed by atoms with van der Waals surface area (Å²) in [6.45, 7) is 4.65. The fourth-order valence-electron chi connectivity index (χ4n) is 1.74. The molecule has 2 N–H and O–H groups in total. The molecule has 1 fully saturated rings. The van der Waals surface area contributed by atoms with Crippen molar-refractivity contribution in [3.63, 3.8) is 0 Å². The van der Waals surface area contributed by atoms with E-state index < -0.39 is 0 Å². The van der Waals surface area contributed by atoms with Crippen molar-refractivity contribution in [2.24, 2.45) is 0 Å². The van der Waals surface area contributed by atoms with Crippen LogP contribution in [0.25, 0.3) is 0 Å². The molecule has 0 aliphatic carbocycles. The summed E-state index contributed by atoms with van der Waals surface area (Å²) in [6, 6.07) is 4.00. The smallest absolute Gasteiger partial charge is 0.239 e. The Balaban J connectivity index is 1.78. The molecular weight excluding hydrogens is 236 g/mol. The Morgan fingerprint density at radius 3 is 3.06 bits per heavy atom. The van der Waals surface area contributed by atoms with E-state index in [2.05, 4.69) is 29.7 Å². The molecule has 1 unspecified atom stereocenters. The Kier molecular flexibility index (Phi) is 4.53. The molecule has 1 saturated heterocycles. The Morgan fingerprint density at radius 1 is 1.59 bits per heavy atom. The first kappa shape index (κ1) is 12.5. The largest absolute Gasteiger partial charge is 0.378 e. The maximum Gasteiger partial charge on any atom is 0.239 e. The van der Waals surface area contributed by atoms with Gasteiger partial charge in [-0.2, -0.15) is 0 Å². The number of hydrogen-bond acceptors (Lipinski definition) is 4. The van der Waals surface area contributed by atoms with Gasteiger partial charge in [-0.3, -0.25) is 4.79 Å². The summed E-state index contributed by atoms with van der Waals surface area (Å²) in [5.41, 5.74) is 0. The van der Waals surface area contributed by atoms with E-state index in [0.29, 0.717) is 19.8 Å². The minimum atomic E-state index is -0.200. The molecule has 1 aliphatic rings. The third kappa shape index (κ3) is 3.52. The van der Waals surface area contributed by atoms with E-state index in [9.17, 15) is 4.79 Å². The van der Waals surface area contributed by atoms with Crippen molar-refractivity contribution in [3.8, 4) is 0 Å². The predicted molar refractivity (Wildman–Crippen MR) is 68.2 cm³/mol. The summed E-state index contributed by atoms with van der Waals surface area (Å²) in [6.07, 6.45) is 1.05. The van der Waals surface area contributed by atoms with Crippen LogP contribution in [0.4, 0.5) is 0 Å². The Morgan fingerprint density at radius 2 is 2.41 bits per heavy atom. The highest BCUT2D eigenvalue weighted by Crippen LogP contribution is 2.16. The van der Waals surface area contributed by atoms with Crippen molar-refractivity contribution in [2.45, 2.75) is 25.9 Å². The minimum absolute atomic E-state index is 0.0242. The predicted octanol–water partition coefficient (Wildman–Crippen LogP) is 0.915. The van der Waals surface area contributed by atoms with Crippen molar-refractivity contribution < 1.29 is 9.53 Å². The maximum absolute atomic E-state index is 11.8. The fourth-order valence-corrected chi connectivity index (χ4v) is 2.64. The summed E-state index contributed by atoms with van der Waals surface area (Å²) < 4.78 is 5.26. The second-order valence-electron chi connectivity index (χ2n) is 4.02. The number of carbonyl (C=O) groups is 1. The van der Waals surface area contributed by atoms with E-state index >= 15 is 0 Å². The molecule has 94 valence electrons. The van der Waals surface area contributed by atoms with Crippen LogP contribution >= 0.6 is 11.3 Å². The topological polar surface area (TPSA) is 50.4 Å². The summed E-state index contributed by atoms with van der Waals surface area (Å²) in [5.74, 6) is 0.0242. The van der Waals surface area contributed by atoms with E-state index in [1.54, 1.807) is 11.3 Å². The standard InChI is InChI=1S/C12H18N2O2S/c1-2-9-3-4-10(17-9)7-14-12(15)11-8-16-6-5-13-11/h3-4,11,13H,2,5-8H2,1H3,(H,14,15). The number of nitrogens with one attached hydrogen (secondary N) is 2. The molecule has 0 saturated carbocycles. The van der Waals surface area contributed by atoms with E-state index in [1.165, 1.54) is 9.75 Å². The number of rotatable bonds is 4. The van der Waals surface area contributed by atoms with Crippen LogP contribution in [0, 0.1) is 0 Å². The van der Waals surface area contributed by atoms with Crippen LogP contribution < -0.4 is 10.6 Å². The van der Waals surface area contributed by atoms with Gasteiger partial charge in [-0.25, -0.2) is 0 Å². The first-order valence-electron chi connectivity index (χ1n) is 5.96. The lowest BCUT2D eigenvalue weighted by Gasteiger charge is -2.22. The molecule has 0 aromatic carbocycles. The Bertz CT molecular complexity index is 372. The molecule has 2 rings (SSSR count). The first-order valence-corrected chi connectivity index (χ1v) is 6.77. The van der Waals surface area contributed by atoms with Crippen LogP contribution in [0.5, 0.6) is 0 Å². The lowest BCUT2D eigenvalue weighted by Crippen LogP contribution is -2.50. The van der Waals surface area contributed by atoms with Gasteiger partial charge < -0.3 is 15.4 Å². The number of morpholine rings is 1. The van der Waals surface area contributed by atoms with Crippen molar-refractivity contribution in [1.82, 2.24) is 10.6 Å². The summed E-state index contributed by atoms with van der Waals surface area (Å²) in [5, 5.41) is 6.07. The maximum atomic E-state index is 11.8. The molecule has 2 heterocycles. The van der Waals surface area contributed by atoms with Gasteiger partial charge in [-0.15, -0.1) is 11.3 Å². The van der Waals surface area contributed by atoms with Gasteiger partial charge in [0.25, 0.3) is 0 Å². The number of hydrogen-bond donors (Lipinski definition) is 2. The van der Waals surface area contributed by atoms with Gasteiger partial charge in [0.1, 0.15) is 6.04 Å². The molecule has 1 aromatic heterocycles. The van der Waals surface area contributed by atoms with Crippen LogP contribution in [-0.2, 0) is 22.5 Å². The molecule has 0 radical (unpaired) electrons. The highest BCUT2D eigenvalue weighted by molar-refractivity contribution is 7.11. The second kappa shape index (κ2) is 6.14.